The number of rotatable bonds is 7. The van der Waals surface area contributed by atoms with Gasteiger partial charge in [-0.25, -0.2) is 0 Å². The fraction of sp³-hybridized carbons (Fsp3) is 0.672. The van der Waals surface area contributed by atoms with E-state index in [0.717, 1.165) is 37.0 Å². The summed E-state index contributed by atoms with van der Waals surface area (Å²) < 4.78 is 0. The van der Waals surface area contributed by atoms with E-state index in [1.165, 1.54) is 71.0 Å². The van der Waals surface area contributed by atoms with E-state index < -0.39 is 0 Å². The summed E-state index contributed by atoms with van der Waals surface area (Å²) in [6.45, 7) is 46.5. The Morgan fingerprint density at radius 3 is 1.08 bits per heavy atom. The van der Waals surface area contributed by atoms with Gasteiger partial charge in [0.15, 0.2) is 0 Å². The van der Waals surface area contributed by atoms with E-state index in [2.05, 4.69) is 215 Å². The number of aromatic amines is 1. The Hall–Kier alpha value is -2.49. The molecule has 0 atom stereocenters. The molecule has 64 heavy (non-hydrogen) atoms. The molecular formula is C61H127NOS. The molecule has 0 fully saturated rings. The SMILES string of the molecule is C.C.C.C.C.CC.CC(C)C.CC(C)O.CCC.CCC.CCC(C)C.CCC(C)C.CCCSC.CCc1c[nH]c2ccccc12.CCc1ccc(C)cc1.CCc1ccccc1. The van der Waals surface area contributed by atoms with Crippen LogP contribution in [-0.4, -0.2) is 28.2 Å². The molecular weight excluding hydrogens is 795 g/mol. The van der Waals surface area contributed by atoms with Gasteiger partial charge in [0.05, 0.1) is 0 Å². The number of aliphatic hydroxyl groups excluding tert-OH is 1. The number of hydrogen-bond donors (Lipinski definition) is 2. The van der Waals surface area contributed by atoms with Crippen molar-refractivity contribution < 1.29 is 5.11 Å². The normalized spacial score (nSPS) is 8.25. The molecule has 0 saturated carbocycles. The number of benzene rings is 3. The summed E-state index contributed by atoms with van der Waals surface area (Å²) in [6.07, 6.45) is 13.8. The van der Waals surface area contributed by atoms with Gasteiger partial charge in [-0.1, -0.05) is 273 Å². The standard InChI is InChI=1S/C10H11N.C9H12.C8H10.2C5H12.C4H10S.C4H10.C3H8O.2C3H8.C2H6.5CH4/c1-2-8-7-11-10-6-4-3-5-9(8)10;1-3-9-6-4-8(2)5-7-9;1-2-8-6-4-3-5-7-8;2*1-4-5(2)3;1-3-4-5-2;1-4(2)3;1-3(2)4;2*1-3-2;1-2;;;;;/h3-7,11H,2H2,1H3;4-7H,3H2,1-2H3;3-7H,2H2,1H3;2*5H,4H2,1-3H3;3-4H2,1-2H3;4H,1-3H3;3-4H,1-2H3;2*3H2,1-2H3;1-2H3;5*1H4. The van der Waals surface area contributed by atoms with E-state index in [1.807, 2.05) is 31.7 Å². The van der Waals surface area contributed by atoms with Gasteiger partial charge in [-0.3, -0.25) is 0 Å². The Morgan fingerprint density at radius 1 is 0.516 bits per heavy atom. The van der Waals surface area contributed by atoms with Crippen molar-refractivity contribution in [2.75, 3.05) is 12.0 Å². The molecule has 0 spiro atoms. The molecule has 4 rings (SSSR count). The topological polar surface area (TPSA) is 36.0 Å². The molecule has 0 aliphatic heterocycles. The second kappa shape index (κ2) is 77.7. The van der Waals surface area contributed by atoms with E-state index in [-0.39, 0.29) is 43.2 Å². The van der Waals surface area contributed by atoms with E-state index in [4.69, 9.17) is 5.11 Å². The largest absolute Gasteiger partial charge is 0.394 e. The molecule has 1 aromatic heterocycles. The summed E-state index contributed by atoms with van der Waals surface area (Å²) in [7, 11) is 0. The highest BCUT2D eigenvalue weighted by atomic mass is 32.2. The Kier molecular flexibility index (Phi) is 112. The van der Waals surface area contributed by atoms with Gasteiger partial charge in [0.2, 0.25) is 0 Å². The molecule has 3 aromatic carbocycles. The molecule has 0 aliphatic rings. The number of para-hydroxylation sites is 1. The zero-order valence-electron chi connectivity index (χ0n) is 44.1. The van der Waals surface area contributed by atoms with Crippen LogP contribution in [0, 0.1) is 24.7 Å². The summed E-state index contributed by atoms with van der Waals surface area (Å²) in [5.74, 6) is 3.91. The van der Waals surface area contributed by atoms with Gasteiger partial charge in [0, 0.05) is 23.2 Å². The summed E-state index contributed by atoms with van der Waals surface area (Å²) in [5, 5.41) is 9.41. The molecule has 4 aromatic rings. The highest BCUT2D eigenvalue weighted by molar-refractivity contribution is 7.98. The second-order valence-electron chi connectivity index (χ2n) is 15.7. The number of hydrogen-bond acceptors (Lipinski definition) is 2. The van der Waals surface area contributed by atoms with Crippen molar-refractivity contribution in [3.63, 3.8) is 0 Å². The minimum atomic E-state index is -0.167. The highest BCUT2D eigenvalue weighted by Crippen LogP contribution is 2.17. The first-order chi connectivity index (χ1) is 27.9. The Bertz CT molecular complexity index is 1200. The van der Waals surface area contributed by atoms with E-state index in [1.54, 1.807) is 13.8 Å². The van der Waals surface area contributed by atoms with Crippen molar-refractivity contribution in [3.05, 3.63) is 107 Å². The van der Waals surface area contributed by atoms with Crippen LogP contribution in [-0.2, 0) is 19.3 Å². The number of aromatic nitrogens is 1. The average Bonchev–Trinajstić information content (AvgIpc) is 3.64. The quantitative estimate of drug-likeness (QED) is 0.194. The maximum absolute atomic E-state index is 8.06. The van der Waals surface area contributed by atoms with Gasteiger partial charge in [-0.2, -0.15) is 11.8 Å². The zero-order chi connectivity index (χ0) is 47.5. The van der Waals surface area contributed by atoms with E-state index in [9.17, 15) is 0 Å². The first kappa shape index (κ1) is 91.9. The molecule has 0 saturated heterocycles. The highest BCUT2D eigenvalue weighted by Gasteiger charge is 1.98. The Balaban J connectivity index is -0.0000000477. The van der Waals surface area contributed by atoms with Crippen molar-refractivity contribution >= 4 is 22.7 Å². The van der Waals surface area contributed by atoms with Crippen molar-refractivity contribution in [3.8, 4) is 0 Å². The smallest absolute Gasteiger partial charge is 0.0483 e. The van der Waals surface area contributed by atoms with Gasteiger partial charge in [0.1, 0.15) is 0 Å². The van der Waals surface area contributed by atoms with Crippen molar-refractivity contribution in [1.82, 2.24) is 4.98 Å². The Morgan fingerprint density at radius 2 is 0.828 bits per heavy atom. The molecule has 388 valence electrons. The maximum Gasteiger partial charge on any atom is 0.0483 e. The van der Waals surface area contributed by atoms with E-state index in [0.29, 0.717) is 0 Å². The summed E-state index contributed by atoms with van der Waals surface area (Å²) >= 11 is 1.90. The van der Waals surface area contributed by atoms with Gasteiger partial charge < -0.3 is 10.1 Å². The first-order valence-electron chi connectivity index (χ1n) is 23.7. The molecule has 1 heterocycles. The van der Waals surface area contributed by atoms with Crippen LogP contribution in [0.25, 0.3) is 10.9 Å². The van der Waals surface area contributed by atoms with Gasteiger partial charge in [-0.05, 0) is 99.0 Å². The van der Waals surface area contributed by atoms with Crippen LogP contribution in [0.5, 0.6) is 0 Å². The molecule has 2 N–H and O–H groups in total. The van der Waals surface area contributed by atoms with Crippen LogP contribution >= 0.6 is 11.8 Å². The fourth-order valence-electron chi connectivity index (χ4n) is 3.17. The maximum atomic E-state index is 8.06. The second-order valence-corrected chi connectivity index (χ2v) is 16.7. The predicted molar refractivity (Wildman–Crippen MR) is 318 cm³/mol. The van der Waals surface area contributed by atoms with E-state index >= 15 is 0 Å². The lowest BCUT2D eigenvalue weighted by Crippen LogP contribution is -1.85. The molecule has 0 aliphatic carbocycles. The van der Waals surface area contributed by atoms with Gasteiger partial charge in [-0.15, -0.1) is 0 Å². The average molecular weight is 923 g/mol. The van der Waals surface area contributed by atoms with Crippen LogP contribution in [0.2, 0.25) is 0 Å². The summed E-state index contributed by atoms with van der Waals surface area (Å²) in [6, 6.07) is 27.5. The number of fused-ring (bicyclic) bond motifs is 1. The number of H-pyrrole nitrogens is 1. The lowest BCUT2D eigenvalue weighted by atomic mass is 10.1. The van der Waals surface area contributed by atoms with Crippen LogP contribution in [0.1, 0.15) is 237 Å². The third-order valence-electron chi connectivity index (χ3n) is 6.88. The number of aryl methyl sites for hydroxylation is 4. The molecule has 0 radical (unpaired) electrons. The van der Waals surface area contributed by atoms with Crippen molar-refractivity contribution in [2.45, 2.75) is 247 Å². The monoisotopic (exact) mass is 922 g/mol. The van der Waals surface area contributed by atoms with Crippen molar-refractivity contribution in [2.24, 2.45) is 17.8 Å². The minimum absolute atomic E-state index is 0. The predicted octanol–water partition coefficient (Wildman–Crippen LogP) is 22.5. The molecule has 0 unspecified atom stereocenters. The minimum Gasteiger partial charge on any atom is -0.394 e. The lowest BCUT2D eigenvalue weighted by Gasteiger charge is -1.94. The van der Waals surface area contributed by atoms with Crippen molar-refractivity contribution in [1.29, 1.82) is 0 Å². The number of aliphatic hydroxyl groups is 1. The third kappa shape index (κ3) is 90.3. The van der Waals surface area contributed by atoms with Crippen LogP contribution < -0.4 is 0 Å². The Labute approximate surface area is 414 Å². The van der Waals surface area contributed by atoms with Crippen LogP contribution in [0.15, 0.2) is 85.1 Å². The van der Waals surface area contributed by atoms with Crippen LogP contribution in [0.3, 0.4) is 0 Å². The summed E-state index contributed by atoms with van der Waals surface area (Å²) in [5.41, 5.74) is 6.81. The van der Waals surface area contributed by atoms with Gasteiger partial charge >= 0.3 is 0 Å². The number of nitrogens with one attached hydrogen (secondary N) is 1. The fourth-order valence-corrected chi connectivity index (χ4v) is 3.57. The lowest BCUT2D eigenvalue weighted by molar-refractivity contribution is 0.216. The molecule has 0 bridgehead atoms. The zero-order valence-corrected chi connectivity index (χ0v) is 44.9. The molecule has 2 nitrogen and oxygen atoms in total. The first-order valence-corrected chi connectivity index (χ1v) is 25.1. The van der Waals surface area contributed by atoms with Crippen LogP contribution in [0.4, 0.5) is 0 Å². The molecule has 3 heteroatoms. The molecule has 0 amide bonds. The third-order valence-corrected chi connectivity index (χ3v) is 7.69. The van der Waals surface area contributed by atoms with Gasteiger partial charge in [0.25, 0.3) is 0 Å². The summed E-state index contributed by atoms with van der Waals surface area (Å²) in [4.78, 5) is 3.24. The number of thioether (sulfide) groups is 1.